The SMILES string of the molecule is CCC(C)CCCCCCCCCCCCCCCCCCCCC(=O)O[C@H](COC(=O)CCCCCCCCCCCCCCCCCCCCC(C)C)COP(=O)(O)OC[C@@H](O)COP(=O)(O)OC[C@@H](COC(=O)CCCCCCCCCCC(C)CC)OC(=O)CCCCCCCCCCCCCCCCC(C)C. The lowest BCUT2D eigenvalue weighted by Gasteiger charge is -2.21. The van der Waals surface area contributed by atoms with Crippen LogP contribution >= 0.6 is 15.6 Å². The maximum atomic E-state index is 13.2. The number of aliphatic hydroxyl groups is 1. The largest absolute Gasteiger partial charge is 0.472 e. The van der Waals surface area contributed by atoms with Gasteiger partial charge in [-0.05, 0) is 49.4 Å². The number of ether oxygens (including phenoxy) is 4. The van der Waals surface area contributed by atoms with Gasteiger partial charge in [0.2, 0.25) is 0 Å². The molecule has 17 nitrogen and oxygen atoms in total. The van der Waals surface area contributed by atoms with E-state index in [1.54, 1.807) is 0 Å². The molecule has 0 spiro atoms. The van der Waals surface area contributed by atoms with E-state index in [-0.39, 0.29) is 25.7 Å². The molecule has 0 aromatic carbocycles. The van der Waals surface area contributed by atoms with Crippen LogP contribution in [0.2, 0.25) is 0 Å². The van der Waals surface area contributed by atoms with E-state index in [2.05, 4.69) is 55.4 Å². The molecule has 0 heterocycles. The Morgan fingerprint density at radius 3 is 0.634 bits per heavy atom. The first-order chi connectivity index (χ1) is 54.2. The number of esters is 4. The average molecular weight is 1630 g/mol. The lowest BCUT2D eigenvalue weighted by Crippen LogP contribution is -2.30. The summed E-state index contributed by atoms with van der Waals surface area (Å²) in [5.74, 6) is 1.17. The fourth-order valence-electron chi connectivity index (χ4n) is 14.5. The maximum absolute atomic E-state index is 13.2. The highest BCUT2D eigenvalue weighted by Gasteiger charge is 2.31. The van der Waals surface area contributed by atoms with Gasteiger partial charge >= 0.3 is 39.5 Å². The molecule has 0 saturated carbocycles. The smallest absolute Gasteiger partial charge is 0.462 e. The second-order valence-electron chi connectivity index (χ2n) is 34.8. The molecule has 666 valence electrons. The first-order valence-electron chi connectivity index (χ1n) is 47.8. The standard InChI is InChI=1S/C93H182O17P2/c1-9-85(7)71-63-55-47-39-33-27-20-16-12-14-18-22-29-35-41-51-59-67-75-92(97)109-88(79-103-90(95)73-65-57-49-40-34-28-21-17-13-11-15-19-25-31-37-45-53-61-69-83(3)4)81-107-111(99,100)105-77-87(94)78-106-112(101,102)108-82-89(80-104-91(96)74-66-58-50-44-43-48-56-64-72-86(8)10-2)110-93(98)76-68-60-52-42-36-30-24-23-26-32-38-46-54-62-70-84(5)6/h83-89,94H,9-82H2,1-8H3,(H,99,100)(H,101,102)/t85?,86?,87-,88-,89-/m1/s1. The first kappa shape index (κ1) is 110. The van der Waals surface area contributed by atoms with Gasteiger partial charge < -0.3 is 33.8 Å². The number of hydrogen-bond donors (Lipinski definition) is 3. The Morgan fingerprint density at radius 1 is 0.250 bits per heavy atom. The van der Waals surface area contributed by atoms with Crippen molar-refractivity contribution < 1.29 is 80.2 Å². The van der Waals surface area contributed by atoms with E-state index in [9.17, 15) is 43.2 Å². The number of phosphoric ester groups is 2. The summed E-state index contributed by atoms with van der Waals surface area (Å²) in [6.07, 6.45) is 73.6. The van der Waals surface area contributed by atoms with E-state index in [1.807, 2.05) is 0 Å². The topological polar surface area (TPSA) is 237 Å². The third-order valence-electron chi connectivity index (χ3n) is 22.5. The number of rotatable bonds is 90. The van der Waals surface area contributed by atoms with E-state index < -0.39 is 97.5 Å². The lowest BCUT2D eigenvalue weighted by atomic mass is 9.99. The number of phosphoric acid groups is 2. The molecule has 0 amide bonds. The minimum atomic E-state index is -4.97. The van der Waals surface area contributed by atoms with E-state index >= 15 is 0 Å². The Hall–Kier alpha value is -1.94. The molecule has 3 N–H and O–H groups in total. The Balaban J connectivity index is 5.25. The van der Waals surface area contributed by atoms with Crippen molar-refractivity contribution in [2.24, 2.45) is 23.7 Å². The quantitative estimate of drug-likeness (QED) is 0.0222. The summed E-state index contributed by atoms with van der Waals surface area (Å²) in [4.78, 5) is 73.5. The van der Waals surface area contributed by atoms with Crippen LogP contribution in [-0.2, 0) is 65.4 Å². The van der Waals surface area contributed by atoms with Gasteiger partial charge in [-0.3, -0.25) is 37.3 Å². The van der Waals surface area contributed by atoms with Crippen LogP contribution in [0.5, 0.6) is 0 Å². The Morgan fingerprint density at radius 2 is 0.429 bits per heavy atom. The van der Waals surface area contributed by atoms with Gasteiger partial charge in [-0.15, -0.1) is 0 Å². The van der Waals surface area contributed by atoms with Gasteiger partial charge in [0, 0.05) is 25.7 Å². The maximum Gasteiger partial charge on any atom is 0.472 e. The fraction of sp³-hybridized carbons (Fsp3) is 0.957. The number of carbonyl (C=O) groups is 4. The molecule has 0 aliphatic heterocycles. The molecule has 0 rings (SSSR count). The van der Waals surface area contributed by atoms with Crippen LogP contribution in [0.3, 0.4) is 0 Å². The van der Waals surface area contributed by atoms with Gasteiger partial charge in [0.15, 0.2) is 12.2 Å². The lowest BCUT2D eigenvalue weighted by molar-refractivity contribution is -0.161. The molecule has 0 aromatic heterocycles. The molecule has 0 bridgehead atoms. The van der Waals surface area contributed by atoms with Crippen molar-refractivity contribution in [3.05, 3.63) is 0 Å². The van der Waals surface area contributed by atoms with Crippen LogP contribution in [0.15, 0.2) is 0 Å². The molecule has 0 saturated heterocycles. The third kappa shape index (κ3) is 83.1. The predicted molar refractivity (Wildman–Crippen MR) is 464 cm³/mol. The summed E-state index contributed by atoms with van der Waals surface area (Å²) in [6.45, 7) is 14.5. The van der Waals surface area contributed by atoms with Crippen LogP contribution in [0.1, 0.15) is 492 Å². The summed E-state index contributed by atoms with van der Waals surface area (Å²) < 4.78 is 69.1. The molecule has 0 aromatic rings. The highest BCUT2D eigenvalue weighted by molar-refractivity contribution is 7.47. The van der Waals surface area contributed by atoms with E-state index in [0.29, 0.717) is 25.7 Å². The molecule has 7 atom stereocenters. The van der Waals surface area contributed by atoms with Crippen molar-refractivity contribution in [2.75, 3.05) is 39.6 Å². The summed E-state index contributed by atoms with van der Waals surface area (Å²) in [6, 6.07) is 0. The van der Waals surface area contributed by atoms with Gasteiger partial charge in [-0.25, -0.2) is 9.13 Å². The molecule has 0 radical (unpaired) electrons. The highest BCUT2D eigenvalue weighted by atomic mass is 31.2. The summed E-state index contributed by atoms with van der Waals surface area (Å²) in [5, 5.41) is 10.7. The molecular formula is C93H182O17P2. The van der Waals surface area contributed by atoms with Gasteiger partial charge in [-0.2, -0.15) is 0 Å². The minimum Gasteiger partial charge on any atom is -0.462 e. The summed E-state index contributed by atoms with van der Waals surface area (Å²) in [5.41, 5.74) is 0. The van der Waals surface area contributed by atoms with Crippen LogP contribution in [0, 0.1) is 23.7 Å². The number of hydrogen-bond acceptors (Lipinski definition) is 15. The Bertz CT molecular complexity index is 2170. The second-order valence-corrected chi connectivity index (χ2v) is 37.7. The molecule has 19 heteroatoms. The third-order valence-corrected chi connectivity index (χ3v) is 24.4. The van der Waals surface area contributed by atoms with Crippen molar-refractivity contribution in [1.29, 1.82) is 0 Å². The highest BCUT2D eigenvalue weighted by Crippen LogP contribution is 2.45. The van der Waals surface area contributed by atoms with Crippen LogP contribution in [0.25, 0.3) is 0 Å². The van der Waals surface area contributed by atoms with E-state index in [0.717, 1.165) is 114 Å². The molecule has 0 fully saturated rings. The summed E-state index contributed by atoms with van der Waals surface area (Å²) >= 11 is 0. The molecule has 112 heavy (non-hydrogen) atoms. The van der Waals surface area contributed by atoms with Gasteiger partial charge in [-0.1, -0.05) is 441 Å². The zero-order valence-corrected chi connectivity index (χ0v) is 76.1. The van der Waals surface area contributed by atoms with Crippen LogP contribution in [0.4, 0.5) is 0 Å². The zero-order valence-electron chi connectivity index (χ0n) is 74.3. The second kappa shape index (κ2) is 81.4. The molecule has 4 unspecified atom stereocenters. The number of unbranched alkanes of at least 4 members (excludes halogenated alkanes) is 54. The van der Waals surface area contributed by atoms with Crippen molar-refractivity contribution in [1.82, 2.24) is 0 Å². The minimum absolute atomic E-state index is 0.107. The van der Waals surface area contributed by atoms with E-state index in [1.165, 1.54) is 295 Å². The molecular weight excluding hydrogens is 1450 g/mol. The van der Waals surface area contributed by atoms with E-state index in [4.69, 9.17) is 37.0 Å². The van der Waals surface area contributed by atoms with Crippen molar-refractivity contribution in [3.63, 3.8) is 0 Å². The molecule has 0 aliphatic rings. The number of carbonyl (C=O) groups excluding carboxylic acids is 4. The summed E-state index contributed by atoms with van der Waals surface area (Å²) in [7, 11) is -9.94. The Labute approximate surface area is 689 Å². The van der Waals surface area contributed by atoms with Gasteiger partial charge in [0.05, 0.1) is 26.4 Å². The normalized spacial score (nSPS) is 14.3. The van der Waals surface area contributed by atoms with Gasteiger partial charge in [0.25, 0.3) is 0 Å². The number of aliphatic hydroxyl groups excluding tert-OH is 1. The van der Waals surface area contributed by atoms with Gasteiger partial charge in [0.1, 0.15) is 19.3 Å². The monoisotopic (exact) mass is 1630 g/mol. The van der Waals surface area contributed by atoms with Crippen LogP contribution < -0.4 is 0 Å². The zero-order chi connectivity index (χ0) is 82.3. The van der Waals surface area contributed by atoms with Crippen LogP contribution in [-0.4, -0.2) is 96.7 Å². The average Bonchev–Trinajstić information content (AvgIpc) is 0.919. The van der Waals surface area contributed by atoms with Crippen molar-refractivity contribution in [2.45, 2.75) is 510 Å². The predicted octanol–water partition coefficient (Wildman–Crippen LogP) is 28.7. The molecule has 0 aliphatic carbocycles. The van der Waals surface area contributed by atoms with Crippen molar-refractivity contribution in [3.8, 4) is 0 Å². The first-order valence-corrected chi connectivity index (χ1v) is 50.8. The Kier molecular flexibility index (Phi) is 80.0. The van der Waals surface area contributed by atoms with Crippen molar-refractivity contribution >= 4 is 39.5 Å². The fourth-order valence-corrected chi connectivity index (χ4v) is 16.1.